The highest BCUT2D eigenvalue weighted by Gasteiger charge is 2.51. The number of hydrogen-bond donors (Lipinski definition) is 0. The molecule has 4 nitrogen and oxygen atoms in total. The smallest absolute Gasteiger partial charge is 0.373 e. The van der Waals surface area contributed by atoms with E-state index in [-0.39, 0.29) is 5.67 Å². The summed E-state index contributed by atoms with van der Waals surface area (Å²) in [7, 11) is -2.80. The highest BCUT2D eigenvalue weighted by molar-refractivity contribution is 6.62. The minimum Gasteiger partial charge on any atom is -0.373 e. The minimum absolute atomic E-state index is 0.227. The molecular weight excluding hydrogens is 366 g/mol. The Bertz CT molecular complexity index is 497. The molecule has 1 heterocycles. The zero-order chi connectivity index (χ0) is 20.1. The maximum absolute atomic E-state index is 6.37. The lowest BCUT2D eigenvalue weighted by Crippen LogP contribution is -2.63. The van der Waals surface area contributed by atoms with Gasteiger partial charge in [-0.3, -0.25) is 4.90 Å². The summed E-state index contributed by atoms with van der Waals surface area (Å²) in [5.41, 5.74) is 1.58. The number of nitrogens with zero attached hydrogens (tertiary/aromatic N) is 1. The lowest BCUT2D eigenvalue weighted by molar-refractivity contribution is 0.0299. The Labute approximate surface area is 173 Å². The van der Waals surface area contributed by atoms with Crippen molar-refractivity contribution in [3.05, 3.63) is 35.9 Å². The molecule has 1 fully saturated rings. The molecule has 0 N–H and O–H groups in total. The van der Waals surface area contributed by atoms with E-state index in [1.54, 1.807) is 0 Å². The third-order valence-electron chi connectivity index (χ3n) is 5.54. The third kappa shape index (κ3) is 7.27. The average Bonchev–Trinajstić information content (AvgIpc) is 2.75. The van der Waals surface area contributed by atoms with Crippen LogP contribution in [-0.2, 0) is 19.8 Å². The van der Waals surface area contributed by atoms with E-state index >= 15 is 0 Å². The van der Waals surface area contributed by atoms with Crippen molar-refractivity contribution in [2.24, 2.45) is 0 Å². The minimum atomic E-state index is -2.80. The Morgan fingerprint density at radius 1 is 0.786 bits per heavy atom. The van der Waals surface area contributed by atoms with Crippen LogP contribution in [0.4, 0.5) is 0 Å². The van der Waals surface area contributed by atoms with Gasteiger partial charge in [-0.05, 0) is 45.7 Å². The van der Waals surface area contributed by atoms with Gasteiger partial charge in [0.1, 0.15) is 0 Å². The highest BCUT2D eigenvalue weighted by atomic mass is 28.4. The molecule has 0 bridgehead atoms. The first kappa shape index (κ1) is 23.6. The van der Waals surface area contributed by atoms with Crippen molar-refractivity contribution in [3.63, 3.8) is 0 Å². The maximum atomic E-state index is 6.37. The molecule has 1 aromatic rings. The Morgan fingerprint density at radius 3 is 1.89 bits per heavy atom. The number of benzene rings is 1. The van der Waals surface area contributed by atoms with E-state index in [1.807, 2.05) is 0 Å². The van der Waals surface area contributed by atoms with Crippen LogP contribution < -0.4 is 0 Å². The van der Waals surface area contributed by atoms with Gasteiger partial charge in [0.05, 0.1) is 5.67 Å². The van der Waals surface area contributed by atoms with Gasteiger partial charge in [0.15, 0.2) is 0 Å². The molecule has 1 aromatic carbocycles. The van der Waals surface area contributed by atoms with Gasteiger partial charge in [0, 0.05) is 26.4 Å². The van der Waals surface area contributed by atoms with Crippen LogP contribution in [0.2, 0.25) is 0 Å². The van der Waals surface area contributed by atoms with E-state index in [2.05, 4.69) is 56.0 Å². The van der Waals surface area contributed by atoms with Crippen molar-refractivity contribution in [1.29, 1.82) is 0 Å². The SMILES string of the molecule is CCO[Si](OCC)(OCC)C1CCCCCCCCCN1Cc1ccccc1. The van der Waals surface area contributed by atoms with Gasteiger partial charge in [0.25, 0.3) is 0 Å². The second kappa shape index (κ2) is 13.5. The van der Waals surface area contributed by atoms with Gasteiger partial charge in [0.2, 0.25) is 0 Å². The molecule has 1 atom stereocenters. The number of rotatable bonds is 9. The topological polar surface area (TPSA) is 30.9 Å². The molecule has 1 saturated heterocycles. The Morgan fingerprint density at radius 2 is 1.32 bits per heavy atom. The summed E-state index contributed by atoms with van der Waals surface area (Å²) < 4.78 is 19.1. The van der Waals surface area contributed by atoms with E-state index in [0.717, 1.165) is 19.5 Å². The first-order valence-electron chi connectivity index (χ1n) is 11.5. The van der Waals surface area contributed by atoms with Crippen molar-refractivity contribution in [2.75, 3.05) is 26.4 Å². The first-order chi connectivity index (χ1) is 13.8. The summed E-state index contributed by atoms with van der Waals surface area (Å²) in [6.45, 7) is 10.1. The summed E-state index contributed by atoms with van der Waals surface area (Å²) in [5, 5.41) is 0. The van der Waals surface area contributed by atoms with Crippen LogP contribution in [0.25, 0.3) is 0 Å². The van der Waals surface area contributed by atoms with Crippen molar-refractivity contribution in [3.8, 4) is 0 Å². The molecule has 0 aliphatic carbocycles. The fourth-order valence-corrected chi connectivity index (χ4v) is 7.56. The molecule has 0 saturated carbocycles. The third-order valence-corrected chi connectivity index (χ3v) is 9.08. The van der Waals surface area contributed by atoms with Gasteiger partial charge in [-0.25, -0.2) is 0 Å². The number of hydrogen-bond acceptors (Lipinski definition) is 4. The Balaban J connectivity index is 2.33. The maximum Gasteiger partial charge on any atom is 0.519 e. The van der Waals surface area contributed by atoms with Crippen LogP contribution in [0.5, 0.6) is 0 Å². The van der Waals surface area contributed by atoms with Crippen molar-refractivity contribution < 1.29 is 13.3 Å². The average molecular weight is 408 g/mol. The molecule has 1 aliphatic heterocycles. The fourth-order valence-electron chi connectivity index (χ4n) is 4.30. The van der Waals surface area contributed by atoms with Gasteiger partial charge in [-0.1, -0.05) is 68.9 Å². The summed E-state index contributed by atoms with van der Waals surface area (Å²) in [6, 6.07) is 10.8. The van der Waals surface area contributed by atoms with Gasteiger partial charge >= 0.3 is 8.80 Å². The lowest BCUT2D eigenvalue weighted by atomic mass is 10.1. The molecule has 5 heteroatoms. The summed E-state index contributed by atoms with van der Waals surface area (Å²) >= 11 is 0. The first-order valence-corrected chi connectivity index (χ1v) is 13.3. The fraction of sp³-hybridized carbons (Fsp3) is 0.739. The largest absolute Gasteiger partial charge is 0.519 e. The summed E-state index contributed by atoms with van der Waals surface area (Å²) in [6.07, 6.45) is 10.2. The van der Waals surface area contributed by atoms with Crippen molar-refractivity contribution in [1.82, 2.24) is 4.90 Å². The normalized spacial score (nSPS) is 20.6. The monoisotopic (exact) mass is 407 g/mol. The van der Waals surface area contributed by atoms with E-state index < -0.39 is 8.80 Å². The zero-order valence-corrected chi connectivity index (χ0v) is 19.3. The van der Waals surface area contributed by atoms with Crippen LogP contribution in [0.1, 0.15) is 77.7 Å². The molecule has 1 unspecified atom stereocenters. The lowest BCUT2D eigenvalue weighted by Gasteiger charge is -2.41. The van der Waals surface area contributed by atoms with Crippen LogP contribution in [-0.4, -0.2) is 45.7 Å². The summed E-state index contributed by atoms with van der Waals surface area (Å²) in [5.74, 6) is 0. The van der Waals surface area contributed by atoms with Gasteiger partial charge in [-0.15, -0.1) is 0 Å². The Kier molecular flexibility index (Phi) is 11.3. The highest BCUT2D eigenvalue weighted by Crippen LogP contribution is 2.28. The molecule has 28 heavy (non-hydrogen) atoms. The summed E-state index contributed by atoms with van der Waals surface area (Å²) in [4.78, 5) is 2.62. The van der Waals surface area contributed by atoms with E-state index in [1.165, 1.54) is 50.5 Å². The molecular formula is C23H41NO3Si. The van der Waals surface area contributed by atoms with Gasteiger partial charge in [-0.2, -0.15) is 0 Å². The molecule has 2 rings (SSSR count). The zero-order valence-electron chi connectivity index (χ0n) is 18.3. The molecule has 1 aliphatic rings. The predicted molar refractivity (Wildman–Crippen MR) is 118 cm³/mol. The van der Waals surface area contributed by atoms with Crippen molar-refractivity contribution >= 4 is 8.80 Å². The standard InChI is InChI=1S/C23H41NO3Si/c1-4-25-28(26-5-2,27-6-3)23-19-15-10-8-7-9-11-16-20-24(23)21-22-17-13-12-14-18-22/h12-14,17-18,23H,4-11,15-16,19-21H2,1-3H3. The van der Waals surface area contributed by atoms with E-state index in [0.29, 0.717) is 19.8 Å². The van der Waals surface area contributed by atoms with Crippen LogP contribution >= 0.6 is 0 Å². The predicted octanol–water partition coefficient (Wildman–Crippen LogP) is 5.58. The van der Waals surface area contributed by atoms with E-state index in [9.17, 15) is 0 Å². The Hall–Kier alpha value is -0.723. The molecule has 0 radical (unpaired) electrons. The van der Waals surface area contributed by atoms with Crippen LogP contribution in [0.15, 0.2) is 30.3 Å². The second-order valence-corrected chi connectivity index (χ2v) is 10.4. The van der Waals surface area contributed by atoms with Crippen molar-refractivity contribution in [2.45, 2.75) is 84.3 Å². The quantitative estimate of drug-likeness (QED) is 0.500. The van der Waals surface area contributed by atoms with E-state index in [4.69, 9.17) is 13.3 Å². The van der Waals surface area contributed by atoms with Crippen LogP contribution in [0.3, 0.4) is 0 Å². The molecule has 160 valence electrons. The second-order valence-electron chi connectivity index (χ2n) is 7.64. The van der Waals surface area contributed by atoms with Gasteiger partial charge < -0.3 is 13.3 Å². The van der Waals surface area contributed by atoms with Crippen LogP contribution in [0, 0.1) is 0 Å². The molecule has 0 spiro atoms. The molecule has 0 aromatic heterocycles. The molecule has 0 amide bonds.